The molecule has 0 spiro atoms. The number of ether oxygens (including phenoxy) is 2. The van der Waals surface area contributed by atoms with Crippen molar-refractivity contribution in [2.75, 3.05) is 26.4 Å². The molecule has 0 saturated carbocycles. The Labute approximate surface area is 309 Å². The van der Waals surface area contributed by atoms with E-state index in [1.54, 1.807) is 0 Å². The molecule has 0 aliphatic rings. The number of esters is 2. The number of rotatable bonds is 36. The molecule has 0 heterocycles. The first-order valence-corrected chi connectivity index (χ1v) is 21.1. The average molecular weight is 743 g/mol. The third-order valence-corrected chi connectivity index (χ3v) is 8.95. The van der Waals surface area contributed by atoms with E-state index >= 15 is 0 Å². The van der Waals surface area contributed by atoms with Crippen molar-refractivity contribution < 1.29 is 47.8 Å². The van der Waals surface area contributed by atoms with Crippen LogP contribution in [-0.4, -0.2) is 65.7 Å². The van der Waals surface area contributed by atoms with Crippen molar-refractivity contribution in [1.29, 1.82) is 0 Å². The lowest BCUT2D eigenvalue weighted by Gasteiger charge is -2.20. The van der Waals surface area contributed by atoms with E-state index in [4.69, 9.17) is 19.1 Å². The van der Waals surface area contributed by atoms with Gasteiger partial charge in [-0.25, -0.2) is 4.57 Å². The summed E-state index contributed by atoms with van der Waals surface area (Å²) in [7, 11) is -4.62. The molecule has 0 saturated heterocycles. The van der Waals surface area contributed by atoms with E-state index in [1.165, 1.54) is 44.9 Å². The molecule has 0 bridgehead atoms. The van der Waals surface area contributed by atoms with Gasteiger partial charge in [-0.15, -0.1) is 0 Å². The van der Waals surface area contributed by atoms with Crippen LogP contribution in [-0.2, 0) is 32.7 Å². The van der Waals surface area contributed by atoms with E-state index in [9.17, 15) is 24.2 Å². The average Bonchev–Trinajstić information content (AvgIpc) is 3.12. The number of hydrogen-bond acceptors (Lipinski definition) is 9. The second-order valence-electron chi connectivity index (χ2n) is 12.9. The fourth-order valence-corrected chi connectivity index (χ4v) is 5.77. The van der Waals surface area contributed by atoms with Crippen LogP contribution in [0.15, 0.2) is 48.6 Å². The highest BCUT2D eigenvalue weighted by molar-refractivity contribution is 7.47. The van der Waals surface area contributed by atoms with Crippen LogP contribution in [0.1, 0.15) is 155 Å². The smallest absolute Gasteiger partial charge is 0.462 e. The van der Waals surface area contributed by atoms with Gasteiger partial charge in [0.15, 0.2) is 6.10 Å². The number of carbonyl (C=O) groups excluding carboxylic acids is 2. The zero-order valence-electron chi connectivity index (χ0n) is 31.8. The molecule has 0 aliphatic carbocycles. The largest absolute Gasteiger partial charge is 0.472 e. The Balaban J connectivity index is 4.40. The molecule has 296 valence electrons. The Kier molecular flexibility index (Phi) is 34.8. The highest BCUT2D eigenvalue weighted by Gasteiger charge is 2.27. The third-order valence-electron chi connectivity index (χ3n) is 8.00. The molecule has 0 aromatic heterocycles. The van der Waals surface area contributed by atoms with Crippen LogP contribution in [0.2, 0.25) is 0 Å². The quantitative estimate of drug-likeness (QED) is 0.0245. The maximum atomic E-state index is 12.6. The molecule has 0 aliphatic heterocycles. The number of phosphoric acid groups is 1. The van der Waals surface area contributed by atoms with Gasteiger partial charge in [-0.05, 0) is 51.4 Å². The molecule has 0 rings (SSSR count). The van der Waals surface area contributed by atoms with E-state index in [-0.39, 0.29) is 19.4 Å². The molecular formula is C40H71O10P. The van der Waals surface area contributed by atoms with Gasteiger partial charge in [-0.1, -0.05) is 140 Å². The van der Waals surface area contributed by atoms with E-state index in [1.807, 2.05) is 0 Å². The van der Waals surface area contributed by atoms with Crippen molar-refractivity contribution in [3.05, 3.63) is 48.6 Å². The lowest BCUT2D eigenvalue weighted by molar-refractivity contribution is -0.161. The number of aliphatic hydroxyl groups is 2. The summed E-state index contributed by atoms with van der Waals surface area (Å²) in [6.07, 6.45) is 36.5. The van der Waals surface area contributed by atoms with Gasteiger partial charge in [0.2, 0.25) is 0 Å². The first kappa shape index (κ1) is 48.9. The third kappa shape index (κ3) is 36.1. The second kappa shape index (κ2) is 36.3. The van der Waals surface area contributed by atoms with Gasteiger partial charge >= 0.3 is 19.8 Å². The number of hydrogen-bond donors (Lipinski definition) is 3. The minimum Gasteiger partial charge on any atom is -0.462 e. The zero-order chi connectivity index (χ0) is 37.7. The van der Waals surface area contributed by atoms with E-state index in [0.717, 1.165) is 70.6 Å². The van der Waals surface area contributed by atoms with Crippen molar-refractivity contribution in [3.63, 3.8) is 0 Å². The van der Waals surface area contributed by atoms with Crippen molar-refractivity contribution >= 4 is 19.8 Å². The van der Waals surface area contributed by atoms with Crippen LogP contribution >= 0.6 is 7.82 Å². The molecular weight excluding hydrogens is 671 g/mol. The normalized spacial score (nSPS) is 14.5. The van der Waals surface area contributed by atoms with Crippen molar-refractivity contribution in [2.24, 2.45) is 0 Å². The molecule has 0 amide bonds. The Hall–Kier alpha value is -2.07. The lowest BCUT2D eigenvalue weighted by atomic mass is 10.1. The summed E-state index contributed by atoms with van der Waals surface area (Å²) in [5.41, 5.74) is 0. The predicted octanol–water partition coefficient (Wildman–Crippen LogP) is 9.77. The van der Waals surface area contributed by atoms with Crippen LogP contribution in [0.25, 0.3) is 0 Å². The molecule has 51 heavy (non-hydrogen) atoms. The van der Waals surface area contributed by atoms with Crippen LogP contribution in [0.5, 0.6) is 0 Å². The van der Waals surface area contributed by atoms with Crippen LogP contribution in [0, 0.1) is 0 Å². The summed E-state index contributed by atoms with van der Waals surface area (Å²) in [6.45, 7) is 2.21. The molecule has 11 heteroatoms. The maximum Gasteiger partial charge on any atom is 0.472 e. The Morgan fingerprint density at radius 1 is 0.608 bits per heavy atom. The number of carbonyl (C=O) groups is 2. The molecule has 3 unspecified atom stereocenters. The molecule has 0 aromatic carbocycles. The first-order valence-electron chi connectivity index (χ1n) is 19.6. The summed E-state index contributed by atoms with van der Waals surface area (Å²) in [4.78, 5) is 34.8. The Morgan fingerprint density at radius 3 is 1.63 bits per heavy atom. The summed E-state index contributed by atoms with van der Waals surface area (Å²) < 4.78 is 32.6. The number of allylic oxidation sites excluding steroid dienone is 8. The predicted molar refractivity (Wildman–Crippen MR) is 205 cm³/mol. The second-order valence-corrected chi connectivity index (χ2v) is 14.4. The van der Waals surface area contributed by atoms with Crippen LogP contribution < -0.4 is 0 Å². The minimum atomic E-state index is -4.62. The molecule has 0 radical (unpaired) electrons. The monoisotopic (exact) mass is 742 g/mol. The number of unbranched alkanes of at least 4 members (excludes halogenated alkanes) is 14. The number of phosphoric ester groups is 1. The van der Waals surface area contributed by atoms with Gasteiger partial charge in [0.1, 0.15) is 12.7 Å². The lowest BCUT2D eigenvalue weighted by Crippen LogP contribution is -2.29. The zero-order valence-corrected chi connectivity index (χ0v) is 32.7. The highest BCUT2D eigenvalue weighted by Crippen LogP contribution is 2.43. The molecule has 0 aromatic rings. The minimum absolute atomic E-state index is 0.156. The SMILES string of the molecule is CC/C=C\C/C=C\C/C=C\C/C=C\CCCCCCC(=O)OC(COC(=O)CCCCCCCCCCCCC)COP(=O)(O)OCC(O)CO. The maximum absolute atomic E-state index is 12.6. The fourth-order valence-electron chi connectivity index (χ4n) is 4.98. The Morgan fingerprint density at radius 2 is 1.08 bits per heavy atom. The van der Waals surface area contributed by atoms with Crippen molar-refractivity contribution in [3.8, 4) is 0 Å². The molecule has 3 N–H and O–H groups in total. The van der Waals surface area contributed by atoms with Gasteiger partial charge in [0.25, 0.3) is 0 Å². The molecule has 10 nitrogen and oxygen atoms in total. The first-order chi connectivity index (χ1) is 24.7. The topological polar surface area (TPSA) is 149 Å². The van der Waals surface area contributed by atoms with E-state index in [0.29, 0.717) is 12.8 Å². The summed E-state index contributed by atoms with van der Waals surface area (Å²) in [5, 5.41) is 18.3. The molecule has 3 atom stereocenters. The number of aliphatic hydroxyl groups excluding tert-OH is 2. The van der Waals surface area contributed by atoms with Crippen LogP contribution in [0.4, 0.5) is 0 Å². The van der Waals surface area contributed by atoms with Crippen LogP contribution in [0.3, 0.4) is 0 Å². The summed E-state index contributed by atoms with van der Waals surface area (Å²) in [5.74, 6) is -0.955. The molecule has 0 fully saturated rings. The van der Waals surface area contributed by atoms with Gasteiger partial charge in [0.05, 0.1) is 19.8 Å². The van der Waals surface area contributed by atoms with E-state index < -0.39 is 51.8 Å². The standard InChI is InChI=1S/C40H71O10P/c1-3-5-7-9-11-13-15-16-17-18-19-20-22-24-26-28-30-32-40(44)50-38(36-49-51(45,46)48-34-37(42)33-41)35-47-39(43)31-29-27-25-23-21-14-12-10-8-6-4-2/h5,7,11,13,16-17,19-20,37-38,41-42H,3-4,6,8-10,12,14-15,18,21-36H2,1-2H3,(H,45,46)/b7-5-,13-11-,17-16-,20-19-. The van der Waals surface area contributed by atoms with Gasteiger partial charge in [0, 0.05) is 12.8 Å². The van der Waals surface area contributed by atoms with Gasteiger partial charge in [-0.3, -0.25) is 18.6 Å². The van der Waals surface area contributed by atoms with Gasteiger partial charge < -0.3 is 24.6 Å². The van der Waals surface area contributed by atoms with E-state index in [2.05, 4.69) is 67.0 Å². The van der Waals surface area contributed by atoms with Gasteiger partial charge in [-0.2, -0.15) is 0 Å². The van der Waals surface area contributed by atoms with Crippen molar-refractivity contribution in [1.82, 2.24) is 0 Å². The fraction of sp³-hybridized carbons (Fsp3) is 0.750. The Bertz CT molecular complexity index is 994. The summed E-state index contributed by atoms with van der Waals surface area (Å²) in [6, 6.07) is 0. The highest BCUT2D eigenvalue weighted by atomic mass is 31.2. The summed E-state index contributed by atoms with van der Waals surface area (Å²) >= 11 is 0. The van der Waals surface area contributed by atoms with Crippen molar-refractivity contribution in [2.45, 2.75) is 167 Å².